The van der Waals surface area contributed by atoms with Gasteiger partial charge in [-0.15, -0.1) is 0 Å². The monoisotopic (exact) mass is 223 g/mol. The fraction of sp³-hybridized carbons (Fsp3) is 0.273. The fourth-order valence-corrected chi connectivity index (χ4v) is 1.09. The zero-order chi connectivity index (χ0) is 12.1. The minimum Gasteiger partial charge on any atom is -0.481 e. The number of benzene rings is 1. The third kappa shape index (κ3) is 3.61. The van der Waals surface area contributed by atoms with Gasteiger partial charge in [0.05, 0.1) is 6.42 Å². The summed E-state index contributed by atoms with van der Waals surface area (Å²) in [7, 11) is 3.15. The Morgan fingerprint density at radius 2 is 2.06 bits per heavy atom. The Labute approximate surface area is 93.2 Å². The number of nitrogens with zero attached hydrogens (tertiary/aromatic N) is 1. The molecule has 0 aromatic heterocycles. The zero-order valence-electron chi connectivity index (χ0n) is 9.14. The highest BCUT2D eigenvalue weighted by Crippen LogP contribution is 2.14. The number of rotatable bonds is 3. The summed E-state index contributed by atoms with van der Waals surface area (Å²) in [6.07, 6.45) is -0.583. The van der Waals surface area contributed by atoms with E-state index in [9.17, 15) is 9.59 Å². The van der Waals surface area contributed by atoms with Crippen LogP contribution < -0.4 is 4.74 Å². The molecule has 0 saturated heterocycles. The van der Waals surface area contributed by atoms with Crippen molar-refractivity contribution in [3.63, 3.8) is 0 Å². The number of ether oxygens (including phenoxy) is 1. The molecule has 5 heteroatoms. The Bertz CT molecular complexity index is 401. The van der Waals surface area contributed by atoms with E-state index in [1.54, 1.807) is 32.3 Å². The molecular formula is C11H13NO4. The Morgan fingerprint density at radius 3 is 2.62 bits per heavy atom. The van der Waals surface area contributed by atoms with E-state index in [4.69, 9.17) is 9.84 Å². The molecule has 0 heterocycles. The standard InChI is InChI=1S/C11H13NO4/c1-12(2)11(15)16-9-5-3-4-8(6-9)7-10(13)14/h3-6H,7H2,1-2H3,(H,13,14). The lowest BCUT2D eigenvalue weighted by molar-refractivity contribution is -0.136. The van der Waals surface area contributed by atoms with E-state index in [-0.39, 0.29) is 6.42 Å². The van der Waals surface area contributed by atoms with Crippen molar-refractivity contribution >= 4 is 12.1 Å². The van der Waals surface area contributed by atoms with Crippen LogP contribution in [0.1, 0.15) is 5.56 Å². The van der Waals surface area contributed by atoms with Crippen molar-refractivity contribution in [1.29, 1.82) is 0 Å². The lowest BCUT2D eigenvalue weighted by Crippen LogP contribution is -2.25. The lowest BCUT2D eigenvalue weighted by atomic mass is 10.1. The predicted octanol–water partition coefficient (Wildman–Crippen LogP) is 1.37. The van der Waals surface area contributed by atoms with Gasteiger partial charge in [0.25, 0.3) is 0 Å². The molecule has 0 fully saturated rings. The van der Waals surface area contributed by atoms with Gasteiger partial charge in [-0.3, -0.25) is 4.79 Å². The largest absolute Gasteiger partial charge is 0.481 e. The molecule has 1 amide bonds. The highest BCUT2D eigenvalue weighted by atomic mass is 16.6. The van der Waals surface area contributed by atoms with Gasteiger partial charge in [0.1, 0.15) is 5.75 Å². The van der Waals surface area contributed by atoms with Crippen LogP contribution in [-0.2, 0) is 11.2 Å². The molecule has 1 aromatic carbocycles. The van der Waals surface area contributed by atoms with Crippen LogP contribution in [0.25, 0.3) is 0 Å². The van der Waals surface area contributed by atoms with E-state index < -0.39 is 12.1 Å². The van der Waals surface area contributed by atoms with Crippen molar-refractivity contribution in [3.05, 3.63) is 29.8 Å². The van der Waals surface area contributed by atoms with Crippen molar-refractivity contribution in [3.8, 4) is 5.75 Å². The minimum atomic E-state index is -0.920. The number of carboxylic acids is 1. The van der Waals surface area contributed by atoms with Crippen molar-refractivity contribution in [2.75, 3.05) is 14.1 Å². The first-order valence-corrected chi connectivity index (χ1v) is 4.69. The second-order valence-corrected chi connectivity index (χ2v) is 3.48. The van der Waals surface area contributed by atoms with Gasteiger partial charge < -0.3 is 14.7 Å². The van der Waals surface area contributed by atoms with E-state index in [0.29, 0.717) is 11.3 Å². The van der Waals surface area contributed by atoms with E-state index in [1.165, 1.54) is 11.0 Å². The third-order valence-electron chi connectivity index (χ3n) is 1.82. The van der Waals surface area contributed by atoms with Crippen molar-refractivity contribution in [1.82, 2.24) is 4.90 Å². The summed E-state index contributed by atoms with van der Waals surface area (Å²) in [5.74, 6) is -0.575. The van der Waals surface area contributed by atoms with Gasteiger partial charge in [-0.25, -0.2) is 4.79 Å². The molecule has 0 unspecified atom stereocenters. The van der Waals surface area contributed by atoms with Crippen LogP contribution >= 0.6 is 0 Å². The van der Waals surface area contributed by atoms with Gasteiger partial charge in [-0.1, -0.05) is 12.1 Å². The Hall–Kier alpha value is -2.04. The lowest BCUT2D eigenvalue weighted by Gasteiger charge is -2.10. The van der Waals surface area contributed by atoms with Crippen molar-refractivity contribution < 1.29 is 19.4 Å². The zero-order valence-corrected chi connectivity index (χ0v) is 9.14. The molecule has 86 valence electrons. The fourth-order valence-electron chi connectivity index (χ4n) is 1.09. The first kappa shape index (κ1) is 12.0. The molecule has 1 N–H and O–H groups in total. The van der Waals surface area contributed by atoms with Crippen LogP contribution in [0.15, 0.2) is 24.3 Å². The topological polar surface area (TPSA) is 66.8 Å². The SMILES string of the molecule is CN(C)C(=O)Oc1cccc(CC(=O)O)c1. The van der Waals surface area contributed by atoms with E-state index >= 15 is 0 Å². The number of carbonyl (C=O) groups is 2. The maximum Gasteiger partial charge on any atom is 0.414 e. The molecule has 5 nitrogen and oxygen atoms in total. The minimum absolute atomic E-state index is 0.0899. The van der Waals surface area contributed by atoms with Crippen LogP contribution in [0.4, 0.5) is 4.79 Å². The Balaban J connectivity index is 2.74. The number of amides is 1. The quantitative estimate of drug-likeness (QED) is 0.840. The summed E-state index contributed by atoms with van der Waals surface area (Å²) >= 11 is 0. The molecule has 0 spiro atoms. The molecular weight excluding hydrogens is 210 g/mol. The average Bonchev–Trinajstić information content (AvgIpc) is 2.16. The third-order valence-corrected chi connectivity index (χ3v) is 1.82. The van der Waals surface area contributed by atoms with Gasteiger partial charge in [-0.2, -0.15) is 0 Å². The van der Waals surface area contributed by atoms with Crippen LogP contribution in [0.2, 0.25) is 0 Å². The molecule has 0 atom stereocenters. The van der Waals surface area contributed by atoms with E-state index in [0.717, 1.165) is 0 Å². The number of aliphatic carboxylic acids is 1. The molecule has 0 aliphatic carbocycles. The van der Waals surface area contributed by atoms with Crippen LogP contribution in [0.5, 0.6) is 5.75 Å². The summed E-state index contributed by atoms with van der Waals surface area (Å²) in [6, 6.07) is 6.46. The van der Waals surface area contributed by atoms with Crippen molar-refractivity contribution in [2.24, 2.45) is 0 Å². The maximum absolute atomic E-state index is 11.2. The highest BCUT2D eigenvalue weighted by molar-refractivity contribution is 5.71. The number of carbonyl (C=O) groups excluding carboxylic acids is 1. The molecule has 0 bridgehead atoms. The summed E-state index contributed by atoms with van der Waals surface area (Å²) in [4.78, 5) is 23.0. The van der Waals surface area contributed by atoms with Crippen LogP contribution in [0, 0.1) is 0 Å². The second-order valence-electron chi connectivity index (χ2n) is 3.48. The Kier molecular flexibility index (Phi) is 3.88. The summed E-state index contributed by atoms with van der Waals surface area (Å²) in [6.45, 7) is 0. The molecule has 0 saturated carbocycles. The van der Waals surface area contributed by atoms with Crippen LogP contribution in [0.3, 0.4) is 0 Å². The second kappa shape index (κ2) is 5.16. The number of hydrogen-bond acceptors (Lipinski definition) is 3. The average molecular weight is 223 g/mol. The summed E-state index contributed by atoms with van der Waals surface area (Å²) in [5, 5.41) is 8.61. The predicted molar refractivity (Wildman–Crippen MR) is 57.5 cm³/mol. The Morgan fingerprint density at radius 1 is 1.38 bits per heavy atom. The van der Waals surface area contributed by atoms with Gasteiger partial charge >= 0.3 is 12.1 Å². The highest BCUT2D eigenvalue weighted by Gasteiger charge is 2.07. The first-order chi connectivity index (χ1) is 7.49. The molecule has 0 radical (unpaired) electrons. The summed E-state index contributed by atoms with van der Waals surface area (Å²) < 4.78 is 4.99. The van der Waals surface area contributed by atoms with Gasteiger partial charge in [0, 0.05) is 14.1 Å². The molecule has 1 aromatic rings. The number of carboxylic acid groups (broad SMARTS) is 1. The molecule has 0 aliphatic heterocycles. The molecule has 1 rings (SSSR count). The van der Waals surface area contributed by atoms with Gasteiger partial charge in [0.2, 0.25) is 0 Å². The van der Waals surface area contributed by atoms with Crippen molar-refractivity contribution in [2.45, 2.75) is 6.42 Å². The smallest absolute Gasteiger partial charge is 0.414 e. The number of hydrogen-bond donors (Lipinski definition) is 1. The van der Waals surface area contributed by atoms with Gasteiger partial charge in [-0.05, 0) is 17.7 Å². The first-order valence-electron chi connectivity index (χ1n) is 4.69. The van der Waals surface area contributed by atoms with E-state index in [1.807, 2.05) is 0 Å². The molecule has 16 heavy (non-hydrogen) atoms. The van der Waals surface area contributed by atoms with Crippen LogP contribution in [-0.4, -0.2) is 36.2 Å². The summed E-state index contributed by atoms with van der Waals surface area (Å²) in [5.41, 5.74) is 0.594. The normalized spacial score (nSPS) is 9.62. The van der Waals surface area contributed by atoms with Gasteiger partial charge in [0.15, 0.2) is 0 Å². The maximum atomic E-state index is 11.2. The van der Waals surface area contributed by atoms with E-state index in [2.05, 4.69) is 0 Å². The molecule has 0 aliphatic rings.